The fourth-order valence-corrected chi connectivity index (χ4v) is 4.30. The van der Waals surface area contributed by atoms with Gasteiger partial charge in [0, 0.05) is 48.9 Å². The molecule has 0 unspecified atom stereocenters. The second-order valence-electron chi connectivity index (χ2n) is 6.77. The predicted molar refractivity (Wildman–Crippen MR) is 102 cm³/mol. The Morgan fingerprint density at radius 1 is 1.30 bits per heavy atom. The van der Waals surface area contributed by atoms with Crippen LogP contribution >= 0.6 is 11.3 Å². The largest absolute Gasteiger partial charge is 0.302 e. The molecule has 0 saturated carbocycles. The number of halogens is 1. The number of likely N-dealkylation sites (N-methyl/N-ethyl adjacent to an activating group) is 1. The van der Waals surface area contributed by atoms with E-state index in [4.69, 9.17) is 0 Å². The first-order valence-corrected chi connectivity index (χ1v) is 9.53. The molecule has 6 nitrogen and oxygen atoms in total. The van der Waals surface area contributed by atoms with E-state index in [1.165, 1.54) is 23.5 Å². The van der Waals surface area contributed by atoms with Crippen LogP contribution in [0.2, 0.25) is 0 Å². The molecule has 4 rings (SSSR count). The Bertz CT molecular complexity index is 965. The first kappa shape index (κ1) is 17.8. The summed E-state index contributed by atoms with van der Waals surface area (Å²) in [6.45, 7) is 2.11. The van der Waals surface area contributed by atoms with Crippen molar-refractivity contribution >= 4 is 22.9 Å². The van der Waals surface area contributed by atoms with Crippen LogP contribution in [-0.4, -0.2) is 39.2 Å². The van der Waals surface area contributed by atoms with Crippen LogP contribution in [0.15, 0.2) is 36.7 Å². The molecular formula is C19H20FN5OS. The highest BCUT2D eigenvalue weighted by Gasteiger charge is 2.26. The normalized spacial score (nSPS) is 14.2. The average Bonchev–Trinajstić information content (AvgIpc) is 3.25. The summed E-state index contributed by atoms with van der Waals surface area (Å²) in [5.41, 5.74) is 2.55. The zero-order chi connectivity index (χ0) is 19.0. The summed E-state index contributed by atoms with van der Waals surface area (Å²) >= 11 is 1.45. The lowest BCUT2D eigenvalue weighted by Gasteiger charge is -2.21. The molecule has 0 aliphatic carbocycles. The Hall–Kier alpha value is -2.58. The van der Waals surface area contributed by atoms with Crippen molar-refractivity contribution in [1.82, 2.24) is 19.7 Å². The SMILES string of the molecule is CN1CCc2nc(C(=O)N(Cc3cnn(C)c3)c3ccc(F)cc3)sc2C1. The highest BCUT2D eigenvalue weighted by atomic mass is 32.1. The first-order valence-electron chi connectivity index (χ1n) is 8.71. The number of nitrogens with zero attached hydrogens (tertiary/aromatic N) is 5. The zero-order valence-electron chi connectivity index (χ0n) is 15.2. The van der Waals surface area contributed by atoms with Crippen molar-refractivity contribution in [1.29, 1.82) is 0 Å². The minimum atomic E-state index is -0.333. The van der Waals surface area contributed by atoms with Crippen LogP contribution in [0, 0.1) is 5.82 Å². The third-order valence-corrected chi connectivity index (χ3v) is 5.66. The lowest BCUT2D eigenvalue weighted by atomic mass is 10.2. The Kier molecular flexibility index (Phi) is 4.75. The van der Waals surface area contributed by atoms with E-state index >= 15 is 0 Å². The average molecular weight is 385 g/mol. The highest BCUT2D eigenvalue weighted by Crippen LogP contribution is 2.27. The number of rotatable bonds is 4. The standard InChI is InChI=1S/C19H20FN5OS/c1-23-8-7-16-17(12-23)27-18(22-16)19(26)25(11-13-9-21-24(2)10-13)15-5-3-14(20)4-6-15/h3-6,9-10H,7-8,11-12H2,1-2H3. The molecule has 27 heavy (non-hydrogen) atoms. The fraction of sp³-hybridized carbons (Fsp3) is 0.316. The van der Waals surface area contributed by atoms with E-state index in [1.54, 1.807) is 27.9 Å². The van der Waals surface area contributed by atoms with Crippen molar-refractivity contribution in [2.24, 2.45) is 7.05 Å². The molecule has 0 atom stereocenters. The summed E-state index contributed by atoms with van der Waals surface area (Å²) < 4.78 is 15.1. The number of fused-ring (bicyclic) bond motifs is 1. The van der Waals surface area contributed by atoms with E-state index in [0.717, 1.165) is 35.6 Å². The summed E-state index contributed by atoms with van der Waals surface area (Å²) in [6.07, 6.45) is 4.45. The smallest absolute Gasteiger partial charge is 0.287 e. The van der Waals surface area contributed by atoms with Gasteiger partial charge in [0.05, 0.1) is 18.4 Å². The van der Waals surface area contributed by atoms with Crippen LogP contribution < -0.4 is 4.90 Å². The topological polar surface area (TPSA) is 54.3 Å². The van der Waals surface area contributed by atoms with Crippen molar-refractivity contribution in [3.63, 3.8) is 0 Å². The van der Waals surface area contributed by atoms with Gasteiger partial charge in [-0.05, 0) is 31.3 Å². The second kappa shape index (κ2) is 7.21. The van der Waals surface area contributed by atoms with Crippen LogP contribution in [-0.2, 0) is 26.6 Å². The van der Waals surface area contributed by atoms with Crippen LogP contribution in [0.5, 0.6) is 0 Å². The van der Waals surface area contributed by atoms with E-state index in [2.05, 4.69) is 22.0 Å². The molecule has 3 heterocycles. The molecule has 140 valence electrons. The molecule has 8 heteroatoms. The van der Waals surface area contributed by atoms with E-state index in [-0.39, 0.29) is 11.7 Å². The quantitative estimate of drug-likeness (QED) is 0.693. The van der Waals surface area contributed by atoms with Crippen LogP contribution in [0.3, 0.4) is 0 Å². The van der Waals surface area contributed by atoms with E-state index in [9.17, 15) is 9.18 Å². The molecule has 1 amide bonds. The van der Waals surface area contributed by atoms with Crippen molar-refractivity contribution in [2.75, 3.05) is 18.5 Å². The third kappa shape index (κ3) is 3.77. The molecule has 2 aromatic heterocycles. The van der Waals surface area contributed by atoms with Gasteiger partial charge in [-0.1, -0.05) is 0 Å². The molecule has 0 bridgehead atoms. The monoisotopic (exact) mass is 385 g/mol. The zero-order valence-corrected chi connectivity index (χ0v) is 16.0. The molecule has 0 fully saturated rings. The number of aromatic nitrogens is 3. The predicted octanol–water partition coefficient (Wildman–Crippen LogP) is 2.85. The summed E-state index contributed by atoms with van der Waals surface area (Å²) in [5.74, 6) is -0.507. The minimum absolute atomic E-state index is 0.174. The van der Waals surface area contributed by atoms with Gasteiger partial charge in [0.2, 0.25) is 0 Å². The van der Waals surface area contributed by atoms with Gasteiger partial charge in [-0.25, -0.2) is 9.37 Å². The van der Waals surface area contributed by atoms with Gasteiger partial charge in [-0.3, -0.25) is 9.48 Å². The van der Waals surface area contributed by atoms with Crippen LogP contribution in [0.25, 0.3) is 0 Å². The summed E-state index contributed by atoms with van der Waals surface area (Å²) in [7, 11) is 3.90. The minimum Gasteiger partial charge on any atom is -0.302 e. The first-order chi connectivity index (χ1) is 13.0. The Balaban J connectivity index is 1.67. The van der Waals surface area contributed by atoms with E-state index < -0.39 is 0 Å². The lowest BCUT2D eigenvalue weighted by molar-refractivity contribution is 0.0984. The summed E-state index contributed by atoms with van der Waals surface area (Å²) in [6, 6.07) is 5.96. The number of carbonyl (C=O) groups excluding carboxylic acids is 1. The maximum Gasteiger partial charge on any atom is 0.287 e. The molecule has 0 radical (unpaired) electrons. The summed E-state index contributed by atoms with van der Waals surface area (Å²) in [4.78, 5) is 22.9. The van der Waals surface area contributed by atoms with E-state index in [1.807, 2.05) is 13.2 Å². The number of hydrogen-bond acceptors (Lipinski definition) is 5. The fourth-order valence-electron chi connectivity index (χ4n) is 3.17. The van der Waals surface area contributed by atoms with Crippen molar-refractivity contribution < 1.29 is 9.18 Å². The molecule has 1 aromatic carbocycles. The third-order valence-electron chi connectivity index (χ3n) is 4.59. The number of hydrogen-bond donors (Lipinski definition) is 0. The maximum atomic E-state index is 13.4. The maximum absolute atomic E-state index is 13.4. The summed E-state index contributed by atoms with van der Waals surface area (Å²) in [5, 5.41) is 4.65. The van der Waals surface area contributed by atoms with Gasteiger partial charge in [0.25, 0.3) is 5.91 Å². The number of amides is 1. The Morgan fingerprint density at radius 2 is 2.07 bits per heavy atom. The number of thiazole rings is 1. The van der Waals surface area contributed by atoms with E-state index in [0.29, 0.717) is 17.2 Å². The van der Waals surface area contributed by atoms with Crippen molar-refractivity contribution in [3.8, 4) is 0 Å². The van der Waals surface area contributed by atoms with Crippen molar-refractivity contribution in [3.05, 3.63) is 63.6 Å². The molecule has 0 spiro atoms. The van der Waals surface area contributed by atoms with Crippen molar-refractivity contribution in [2.45, 2.75) is 19.5 Å². The van der Waals surface area contributed by atoms with Gasteiger partial charge in [0.1, 0.15) is 5.82 Å². The van der Waals surface area contributed by atoms with Gasteiger partial charge in [-0.15, -0.1) is 11.3 Å². The van der Waals surface area contributed by atoms with Crippen LogP contribution in [0.4, 0.5) is 10.1 Å². The molecular weight excluding hydrogens is 365 g/mol. The van der Waals surface area contributed by atoms with Crippen LogP contribution in [0.1, 0.15) is 25.9 Å². The molecule has 1 aliphatic heterocycles. The van der Waals surface area contributed by atoms with Gasteiger partial charge in [-0.2, -0.15) is 5.10 Å². The second-order valence-corrected chi connectivity index (χ2v) is 7.85. The highest BCUT2D eigenvalue weighted by molar-refractivity contribution is 7.13. The molecule has 1 aliphatic rings. The number of anilines is 1. The molecule has 3 aromatic rings. The Labute approximate surface area is 160 Å². The molecule has 0 N–H and O–H groups in total. The number of benzene rings is 1. The number of aryl methyl sites for hydroxylation is 1. The van der Waals surface area contributed by atoms with Gasteiger partial charge in [0.15, 0.2) is 5.01 Å². The Morgan fingerprint density at radius 3 is 2.78 bits per heavy atom. The number of carbonyl (C=O) groups is 1. The van der Waals surface area contributed by atoms with Gasteiger partial charge >= 0.3 is 0 Å². The van der Waals surface area contributed by atoms with Gasteiger partial charge < -0.3 is 9.80 Å². The lowest BCUT2D eigenvalue weighted by Crippen LogP contribution is -2.30. The molecule has 0 saturated heterocycles.